The molecule has 0 amide bonds. The summed E-state index contributed by atoms with van der Waals surface area (Å²) in [5, 5.41) is 0. The molecule has 1 saturated heterocycles. The van der Waals surface area contributed by atoms with Gasteiger partial charge in [0.25, 0.3) is 0 Å². The number of ketones is 1. The molecule has 1 fully saturated rings. The third-order valence-electron chi connectivity index (χ3n) is 4.15. The zero-order chi connectivity index (χ0) is 14.2. The lowest BCUT2D eigenvalue weighted by Gasteiger charge is -2.43. The summed E-state index contributed by atoms with van der Waals surface area (Å²) in [4.78, 5) is 11.5. The van der Waals surface area contributed by atoms with Crippen LogP contribution in [0.3, 0.4) is 0 Å². The Morgan fingerprint density at radius 1 is 1.32 bits per heavy atom. The van der Waals surface area contributed by atoms with Gasteiger partial charge in [-0.2, -0.15) is 0 Å². The number of hydrogen-bond acceptors (Lipinski definition) is 3. The topological polar surface area (TPSA) is 35.5 Å². The van der Waals surface area contributed by atoms with Crippen LogP contribution in [0.1, 0.15) is 35.6 Å². The lowest BCUT2D eigenvalue weighted by atomic mass is 9.72. The van der Waals surface area contributed by atoms with Crippen LogP contribution in [0.25, 0.3) is 0 Å². The Kier molecular flexibility index (Phi) is 3.68. The van der Waals surface area contributed by atoms with Crippen molar-refractivity contribution in [1.82, 2.24) is 0 Å². The van der Waals surface area contributed by atoms with E-state index in [-0.39, 0.29) is 11.2 Å². The number of aryl methyl sites for hydroxylation is 1. The van der Waals surface area contributed by atoms with Gasteiger partial charge >= 0.3 is 0 Å². The largest absolute Gasteiger partial charge is 0.496 e. The molecule has 0 spiro atoms. The van der Waals surface area contributed by atoms with Gasteiger partial charge in [0.05, 0.1) is 20.3 Å². The minimum atomic E-state index is -0.127. The van der Waals surface area contributed by atoms with Crippen molar-refractivity contribution in [3.05, 3.63) is 28.3 Å². The van der Waals surface area contributed by atoms with Crippen molar-refractivity contribution in [3.8, 4) is 5.75 Å². The summed E-state index contributed by atoms with van der Waals surface area (Å²) in [7, 11) is 1.70. The average Bonchev–Trinajstić information content (AvgIpc) is 2.29. The molecule has 0 aliphatic carbocycles. The van der Waals surface area contributed by atoms with Gasteiger partial charge < -0.3 is 9.47 Å². The predicted octanol–water partition coefficient (Wildman–Crippen LogP) is 2.87. The molecule has 0 radical (unpaired) electrons. The summed E-state index contributed by atoms with van der Waals surface area (Å²) in [6.45, 7) is 9.16. The van der Waals surface area contributed by atoms with Gasteiger partial charge in [-0.1, -0.05) is 6.07 Å². The first kappa shape index (κ1) is 14.1. The summed E-state index contributed by atoms with van der Waals surface area (Å²) < 4.78 is 10.9. The molecule has 0 unspecified atom stereocenters. The Labute approximate surface area is 114 Å². The van der Waals surface area contributed by atoms with Crippen LogP contribution >= 0.6 is 0 Å². The Morgan fingerprint density at radius 3 is 2.37 bits per heavy atom. The first-order valence-corrected chi connectivity index (χ1v) is 6.64. The van der Waals surface area contributed by atoms with E-state index in [0.29, 0.717) is 19.6 Å². The molecule has 1 aliphatic rings. The van der Waals surface area contributed by atoms with E-state index < -0.39 is 0 Å². The molecule has 104 valence electrons. The molecule has 19 heavy (non-hydrogen) atoms. The zero-order valence-electron chi connectivity index (χ0n) is 12.4. The van der Waals surface area contributed by atoms with Crippen LogP contribution in [0, 0.1) is 20.8 Å². The van der Waals surface area contributed by atoms with Crippen molar-refractivity contribution in [1.29, 1.82) is 0 Å². The quantitative estimate of drug-likeness (QED) is 0.837. The normalized spacial score (nSPS) is 16.9. The highest BCUT2D eigenvalue weighted by Gasteiger charge is 2.42. The highest BCUT2D eigenvalue weighted by atomic mass is 16.5. The second kappa shape index (κ2) is 4.97. The van der Waals surface area contributed by atoms with Gasteiger partial charge in [0.1, 0.15) is 11.5 Å². The first-order chi connectivity index (χ1) is 8.91. The molecule has 0 N–H and O–H groups in total. The molecule has 3 nitrogen and oxygen atoms in total. The molecule has 2 rings (SSSR count). The van der Waals surface area contributed by atoms with Crippen molar-refractivity contribution in [3.63, 3.8) is 0 Å². The van der Waals surface area contributed by atoms with E-state index in [1.807, 2.05) is 0 Å². The van der Waals surface area contributed by atoms with Crippen molar-refractivity contribution >= 4 is 5.78 Å². The minimum absolute atomic E-state index is 0.127. The molecule has 3 heteroatoms. The Bertz CT molecular complexity index is 513. The molecule has 1 aromatic carbocycles. The zero-order valence-corrected chi connectivity index (χ0v) is 12.4. The van der Waals surface area contributed by atoms with E-state index in [0.717, 1.165) is 16.9 Å². The molecule has 0 bridgehead atoms. The minimum Gasteiger partial charge on any atom is -0.496 e. The van der Waals surface area contributed by atoms with Crippen LogP contribution in [-0.4, -0.2) is 26.1 Å². The lowest BCUT2D eigenvalue weighted by Crippen LogP contribution is -2.48. The van der Waals surface area contributed by atoms with Gasteiger partial charge in [-0.05, 0) is 49.9 Å². The Morgan fingerprint density at radius 2 is 1.95 bits per heavy atom. The number of carbonyl (C=O) groups is 1. The summed E-state index contributed by atoms with van der Waals surface area (Å²) >= 11 is 0. The molecular formula is C16H22O3. The van der Waals surface area contributed by atoms with E-state index in [1.54, 1.807) is 14.0 Å². The van der Waals surface area contributed by atoms with E-state index >= 15 is 0 Å². The van der Waals surface area contributed by atoms with Gasteiger partial charge in [0.15, 0.2) is 0 Å². The number of Topliss-reactive ketones (excluding diaryl/α,β-unsaturated/α-hetero) is 1. The fraction of sp³-hybridized carbons (Fsp3) is 0.562. The fourth-order valence-electron chi connectivity index (χ4n) is 3.10. The van der Waals surface area contributed by atoms with Crippen molar-refractivity contribution in [2.45, 2.75) is 39.5 Å². The van der Waals surface area contributed by atoms with Crippen molar-refractivity contribution in [2.75, 3.05) is 20.3 Å². The second-order valence-electron chi connectivity index (χ2n) is 5.68. The molecule has 1 heterocycles. The fourth-order valence-corrected chi connectivity index (χ4v) is 3.10. The highest BCUT2D eigenvalue weighted by molar-refractivity contribution is 5.77. The molecule has 0 atom stereocenters. The Balaban J connectivity index is 2.53. The van der Waals surface area contributed by atoms with Gasteiger partial charge in [-0.3, -0.25) is 4.79 Å². The first-order valence-electron chi connectivity index (χ1n) is 6.64. The maximum atomic E-state index is 11.5. The number of carbonyl (C=O) groups excluding carboxylic acids is 1. The monoisotopic (exact) mass is 262 g/mol. The summed E-state index contributed by atoms with van der Waals surface area (Å²) in [5.74, 6) is 1.16. The number of rotatable bonds is 4. The van der Waals surface area contributed by atoms with Crippen LogP contribution in [0.5, 0.6) is 5.75 Å². The van der Waals surface area contributed by atoms with Gasteiger partial charge in [0, 0.05) is 11.8 Å². The maximum absolute atomic E-state index is 11.5. The number of hydrogen-bond donors (Lipinski definition) is 0. The lowest BCUT2D eigenvalue weighted by molar-refractivity contribution is -0.125. The van der Waals surface area contributed by atoms with Crippen LogP contribution in [0.15, 0.2) is 6.07 Å². The third-order valence-corrected chi connectivity index (χ3v) is 4.15. The second-order valence-corrected chi connectivity index (χ2v) is 5.68. The molecule has 0 aromatic heterocycles. The highest BCUT2D eigenvalue weighted by Crippen LogP contribution is 2.41. The number of ether oxygens (including phenoxy) is 2. The van der Waals surface area contributed by atoms with Gasteiger partial charge in [-0.15, -0.1) is 0 Å². The smallest absolute Gasteiger partial charge is 0.130 e. The SMILES string of the molecule is COc1c(C)cc(C2(CC(C)=O)COC2)c(C)c1C. The standard InChI is InChI=1S/C16H22O3/c1-10-6-14(12(3)13(4)15(10)18-5)16(7-11(2)17)8-19-9-16/h6H,7-9H2,1-5H3. The van der Waals surface area contributed by atoms with Gasteiger partial charge in [-0.25, -0.2) is 0 Å². The van der Waals surface area contributed by atoms with Gasteiger partial charge in [0.2, 0.25) is 0 Å². The van der Waals surface area contributed by atoms with E-state index in [9.17, 15) is 4.79 Å². The van der Waals surface area contributed by atoms with Crippen LogP contribution in [0.2, 0.25) is 0 Å². The summed E-state index contributed by atoms with van der Waals surface area (Å²) in [6.07, 6.45) is 0.555. The van der Waals surface area contributed by atoms with Crippen LogP contribution in [-0.2, 0) is 14.9 Å². The maximum Gasteiger partial charge on any atom is 0.130 e. The van der Waals surface area contributed by atoms with Crippen molar-refractivity contribution < 1.29 is 14.3 Å². The van der Waals surface area contributed by atoms with Crippen LogP contribution < -0.4 is 4.74 Å². The number of methoxy groups -OCH3 is 1. The molecule has 1 aromatic rings. The molecule has 1 aliphatic heterocycles. The summed E-state index contributed by atoms with van der Waals surface area (Å²) in [5.41, 5.74) is 4.61. The molecule has 0 saturated carbocycles. The molecular weight excluding hydrogens is 240 g/mol. The van der Waals surface area contributed by atoms with E-state index in [2.05, 4.69) is 26.8 Å². The van der Waals surface area contributed by atoms with Crippen LogP contribution in [0.4, 0.5) is 0 Å². The summed E-state index contributed by atoms with van der Waals surface area (Å²) in [6, 6.07) is 2.16. The average molecular weight is 262 g/mol. The van der Waals surface area contributed by atoms with Crippen molar-refractivity contribution in [2.24, 2.45) is 0 Å². The Hall–Kier alpha value is -1.35. The predicted molar refractivity (Wildman–Crippen MR) is 75.0 cm³/mol. The van der Waals surface area contributed by atoms with E-state index in [4.69, 9.17) is 9.47 Å². The van der Waals surface area contributed by atoms with E-state index in [1.165, 1.54) is 11.1 Å². The third kappa shape index (κ3) is 2.27. The number of benzene rings is 1.